The topological polar surface area (TPSA) is 86.1 Å². The van der Waals surface area contributed by atoms with Gasteiger partial charge in [0.1, 0.15) is 24.2 Å². The lowest BCUT2D eigenvalue weighted by molar-refractivity contribution is -0.118. The molecule has 1 N–H and O–H groups in total. The van der Waals surface area contributed by atoms with Crippen molar-refractivity contribution in [1.29, 1.82) is 0 Å². The van der Waals surface area contributed by atoms with Crippen LogP contribution in [-0.4, -0.2) is 33.1 Å². The number of ether oxygens (including phenoxy) is 1. The highest BCUT2D eigenvalue weighted by molar-refractivity contribution is 6.31. The molecule has 0 unspecified atom stereocenters. The highest BCUT2D eigenvalue weighted by Crippen LogP contribution is 2.24. The van der Waals surface area contributed by atoms with Crippen LogP contribution in [0.15, 0.2) is 49.1 Å². The van der Waals surface area contributed by atoms with E-state index < -0.39 is 11.7 Å². The van der Waals surface area contributed by atoms with Crippen molar-refractivity contribution < 1.29 is 18.7 Å². The first-order valence-electron chi connectivity index (χ1n) is 7.82. The molecule has 9 heteroatoms. The molecule has 0 aliphatic carbocycles. The van der Waals surface area contributed by atoms with E-state index >= 15 is 0 Å². The first-order chi connectivity index (χ1) is 12.9. The Morgan fingerprint density at radius 1 is 1.26 bits per heavy atom. The van der Waals surface area contributed by atoms with Crippen LogP contribution in [0, 0.1) is 5.82 Å². The Hall–Kier alpha value is -3.26. The summed E-state index contributed by atoms with van der Waals surface area (Å²) in [5, 5.41) is 7.12. The van der Waals surface area contributed by atoms with Crippen LogP contribution in [0.5, 0.6) is 5.75 Å². The van der Waals surface area contributed by atoms with Crippen LogP contribution in [0.4, 0.5) is 10.1 Å². The van der Waals surface area contributed by atoms with Crippen molar-refractivity contribution in [3.8, 4) is 11.4 Å². The van der Waals surface area contributed by atoms with Crippen molar-refractivity contribution in [2.24, 2.45) is 0 Å². The number of amides is 1. The fourth-order valence-electron chi connectivity index (χ4n) is 2.37. The average molecular weight is 389 g/mol. The van der Waals surface area contributed by atoms with E-state index in [-0.39, 0.29) is 23.7 Å². The molecule has 3 aromatic rings. The zero-order valence-electron chi connectivity index (χ0n) is 14.1. The number of nitrogens with one attached hydrogen (secondary N) is 1. The molecule has 138 valence electrons. The Morgan fingerprint density at radius 3 is 2.78 bits per heavy atom. The largest absolute Gasteiger partial charge is 0.483 e. The number of carbonyl (C=O) groups excluding carboxylic acids is 2. The summed E-state index contributed by atoms with van der Waals surface area (Å²) in [6, 6.07) is 8.42. The number of hydrogen-bond donors (Lipinski definition) is 1. The molecular weight excluding hydrogens is 375 g/mol. The van der Waals surface area contributed by atoms with E-state index in [4.69, 9.17) is 16.3 Å². The first-order valence-corrected chi connectivity index (χ1v) is 8.19. The molecule has 1 amide bonds. The van der Waals surface area contributed by atoms with Crippen molar-refractivity contribution in [2.75, 3.05) is 11.9 Å². The second-order valence-corrected chi connectivity index (χ2v) is 5.97. The van der Waals surface area contributed by atoms with Crippen LogP contribution in [0.3, 0.4) is 0 Å². The van der Waals surface area contributed by atoms with Crippen molar-refractivity contribution in [3.63, 3.8) is 0 Å². The van der Waals surface area contributed by atoms with Gasteiger partial charge in [-0.1, -0.05) is 11.6 Å². The van der Waals surface area contributed by atoms with Gasteiger partial charge >= 0.3 is 0 Å². The first kappa shape index (κ1) is 18.5. The minimum absolute atomic E-state index is 0.0638. The molecule has 0 fully saturated rings. The molecule has 1 aromatic heterocycles. The predicted molar refractivity (Wildman–Crippen MR) is 96.9 cm³/mol. The minimum Gasteiger partial charge on any atom is -0.483 e. The summed E-state index contributed by atoms with van der Waals surface area (Å²) in [6.07, 6.45) is 2.84. The highest BCUT2D eigenvalue weighted by atomic mass is 35.5. The second kappa shape index (κ2) is 7.96. The molecule has 0 aliphatic heterocycles. The number of anilines is 1. The monoisotopic (exact) mass is 388 g/mol. The molecule has 0 saturated carbocycles. The number of carbonyl (C=O) groups is 2. The van der Waals surface area contributed by atoms with Crippen molar-refractivity contribution in [2.45, 2.75) is 6.92 Å². The van der Waals surface area contributed by atoms with E-state index in [9.17, 15) is 14.0 Å². The summed E-state index contributed by atoms with van der Waals surface area (Å²) >= 11 is 6.00. The van der Waals surface area contributed by atoms with Crippen LogP contribution >= 0.6 is 11.6 Å². The van der Waals surface area contributed by atoms with Crippen LogP contribution in [-0.2, 0) is 4.79 Å². The van der Waals surface area contributed by atoms with Crippen LogP contribution < -0.4 is 10.1 Å². The molecule has 3 rings (SSSR count). The number of rotatable bonds is 6. The Labute approximate surface area is 158 Å². The second-order valence-electron chi connectivity index (χ2n) is 5.54. The van der Waals surface area contributed by atoms with E-state index in [0.29, 0.717) is 16.4 Å². The van der Waals surface area contributed by atoms with E-state index in [1.165, 1.54) is 30.3 Å². The van der Waals surface area contributed by atoms with Crippen molar-refractivity contribution >= 4 is 29.0 Å². The van der Waals surface area contributed by atoms with E-state index in [1.807, 2.05) is 0 Å². The zero-order chi connectivity index (χ0) is 19.4. The summed E-state index contributed by atoms with van der Waals surface area (Å²) in [5.41, 5.74) is 1.04. The van der Waals surface area contributed by atoms with Crippen LogP contribution in [0.25, 0.3) is 5.69 Å². The summed E-state index contributed by atoms with van der Waals surface area (Å²) in [6.45, 7) is 0.910. The number of nitrogens with zero attached hydrogens (tertiary/aromatic N) is 3. The Bertz CT molecular complexity index is 992. The van der Waals surface area contributed by atoms with Gasteiger partial charge in [-0.15, -0.1) is 0 Å². The third kappa shape index (κ3) is 4.48. The SMILES string of the molecule is CC(=O)c1cc(F)ccc1OCC(=O)Nc1cc(Cl)ccc1-n1cncn1. The molecule has 0 bridgehead atoms. The lowest BCUT2D eigenvalue weighted by Crippen LogP contribution is -2.21. The molecule has 0 atom stereocenters. The van der Waals surface area contributed by atoms with E-state index in [2.05, 4.69) is 15.4 Å². The van der Waals surface area contributed by atoms with Crippen molar-refractivity contribution in [1.82, 2.24) is 14.8 Å². The van der Waals surface area contributed by atoms with Gasteiger partial charge in [-0.25, -0.2) is 14.1 Å². The number of hydrogen-bond acceptors (Lipinski definition) is 5. The molecule has 0 radical (unpaired) electrons. The molecule has 7 nitrogen and oxygen atoms in total. The Morgan fingerprint density at radius 2 is 2.07 bits per heavy atom. The fraction of sp³-hybridized carbons (Fsp3) is 0.111. The molecule has 2 aromatic carbocycles. The standard InChI is InChI=1S/C18H14ClFN4O3/c1-11(25)14-7-13(20)3-5-17(14)27-8-18(26)23-15-6-12(19)2-4-16(15)24-10-21-9-22-24/h2-7,9-10H,8H2,1H3,(H,23,26). The van der Waals surface area contributed by atoms with Gasteiger partial charge in [-0.3, -0.25) is 9.59 Å². The molecular formula is C18H14ClFN4O3. The fourth-order valence-corrected chi connectivity index (χ4v) is 2.55. The van der Waals surface area contributed by atoms with Gasteiger partial charge < -0.3 is 10.1 Å². The zero-order valence-corrected chi connectivity index (χ0v) is 14.9. The summed E-state index contributed by atoms with van der Waals surface area (Å²) in [5.74, 6) is -1.29. The molecule has 1 heterocycles. The van der Waals surface area contributed by atoms with E-state index in [1.54, 1.807) is 18.2 Å². The third-order valence-corrected chi connectivity index (χ3v) is 3.81. The van der Waals surface area contributed by atoms with Gasteiger partial charge in [0.15, 0.2) is 12.4 Å². The van der Waals surface area contributed by atoms with Gasteiger partial charge in [0.25, 0.3) is 5.91 Å². The third-order valence-electron chi connectivity index (χ3n) is 3.58. The van der Waals surface area contributed by atoms with Gasteiger partial charge in [0.2, 0.25) is 0 Å². The maximum atomic E-state index is 13.3. The van der Waals surface area contributed by atoms with Crippen LogP contribution in [0.1, 0.15) is 17.3 Å². The number of benzene rings is 2. The maximum absolute atomic E-state index is 13.3. The van der Waals surface area contributed by atoms with Gasteiger partial charge in [0.05, 0.1) is 16.9 Å². The molecule has 0 spiro atoms. The molecule has 0 aliphatic rings. The smallest absolute Gasteiger partial charge is 0.262 e. The predicted octanol–water partition coefficient (Wildman–Crippen LogP) is 3.28. The summed E-state index contributed by atoms with van der Waals surface area (Å²) < 4.78 is 20.2. The number of Topliss-reactive ketones (excluding diaryl/α,β-unsaturated/α-hetero) is 1. The Kier molecular flexibility index (Phi) is 5.46. The lowest BCUT2D eigenvalue weighted by Gasteiger charge is -2.13. The molecule has 27 heavy (non-hydrogen) atoms. The van der Waals surface area contributed by atoms with E-state index in [0.717, 1.165) is 12.1 Å². The maximum Gasteiger partial charge on any atom is 0.262 e. The summed E-state index contributed by atoms with van der Waals surface area (Å²) in [4.78, 5) is 27.7. The van der Waals surface area contributed by atoms with Gasteiger partial charge in [-0.05, 0) is 43.3 Å². The number of halogens is 2. The summed E-state index contributed by atoms with van der Waals surface area (Å²) in [7, 11) is 0. The molecule has 0 saturated heterocycles. The number of ketones is 1. The normalized spacial score (nSPS) is 10.5. The average Bonchev–Trinajstić information content (AvgIpc) is 3.15. The van der Waals surface area contributed by atoms with Crippen molar-refractivity contribution in [3.05, 3.63) is 65.5 Å². The van der Waals surface area contributed by atoms with Crippen LogP contribution in [0.2, 0.25) is 5.02 Å². The Balaban J connectivity index is 1.74. The van der Waals surface area contributed by atoms with Gasteiger partial charge in [0, 0.05) is 5.02 Å². The quantitative estimate of drug-likeness (QED) is 0.655. The lowest BCUT2D eigenvalue weighted by atomic mass is 10.1. The minimum atomic E-state index is -0.562. The number of aromatic nitrogens is 3. The highest BCUT2D eigenvalue weighted by Gasteiger charge is 2.14. The van der Waals surface area contributed by atoms with Gasteiger partial charge in [-0.2, -0.15) is 5.10 Å².